The van der Waals surface area contributed by atoms with E-state index < -0.39 is 0 Å². The maximum Gasteiger partial charge on any atom is 0.0468 e. The summed E-state index contributed by atoms with van der Waals surface area (Å²) in [5.41, 5.74) is 1.56. The van der Waals surface area contributed by atoms with Gasteiger partial charge in [-0.3, -0.25) is 0 Å². The van der Waals surface area contributed by atoms with Crippen LogP contribution in [-0.4, -0.2) is 24.3 Å². The fraction of sp³-hybridized carbons (Fsp3) is 0.625. The molecular weight excluding hydrogens is 222 g/mol. The van der Waals surface area contributed by atoms with E-state index in [-0.39, 0.29) is 12.0 Å². The molecule has 2 N–H and O–H groups in total. The van der Waals surface area contributed by atoms with Gasteiger partial charge in [0.1, 0.15) is 0 Å². The van der Waals surface area contributed by atoms with E-state index in [9.17, 15) is 0 Å². The summed E-state index contributed by atoms with van der Waals surface area (Å²) in [7, 11) is 0. The number of nitrogens with one attached hydrogen (secondary N) is 1. The van der Waals surface area contributed by atoms with E-state index in [1.807, 2.05) is 0 Å². The highest BCUT2D eigenvalue weighted by Gasteiger charge is 2.23. The second-order valence-electron chi connectivity index (χ2n) is 6.05. The van der Waals surface area contributed by atoms with Crippen LogP contribution < -0.4 is 5.32 Å². The van der Waals surface area contributed by atoms with Gasteiger partial charge in [0.05, 0.1) is 0 Å². The Hall–Kier alpha value is -0.860. The van der Waals surface area contributed by atoms with Gasteiger partial charge >= 0.3 is 0 Å². The highest BCUT2D eigenvalue weighted by Crippen LogP contribution is 2.28. The second-order valence-corrected chi connectivity index (χ2v) is 6.05. The van der Waals surface area contributed by atoms with Gasteiger partial charge in [0, 0.05) is 19.2 Å². The summed E-state index contributed by atoms with van der Waals surface area (Å²) < 4.78 is 0. The highest BCUT2D eigenvalue weighted by molar-refractivity contribution is 5.23. The molecule has 0 bridgehead atoms. The smallest absolute Gasteiger partial charge is 0.0468 e. The van der Waals surface area contributed by atoms with Crippen molar-refractivity contribution in [1.82, 2.24) is 5.32 Å². The van der Waals surface area contributed by atoms with Gasteiger partial charge in [-0.05, 0) is 30.2 Å². The van der Waals surface area contributed by atoms with Crippen LogP contribution in [0.1, 0.15) is 39.7 Å². The summed E-state index contributed by atoms with van der Waals surface area (Å²) in [5, 5.41) is 12.5. The number of benzene rings is 1. The average Bonchev–Trinajstić information content (AvgIpc) is 2.36. The lowest BCUT2D eigenvalue weighted by Gasteiger charge is -2.29. The normalized spacial score (nSPS) is 15.4. The SMILES string of the molecule is CC(CO)CNC(C)CC(C)(C)c1ccccc1. The topological polar surface area (TPSA) is 32.3 Å². The molecule has 18 heavy (non-hydrogen) atoms. The molecule has 2 heteroatoms. The minimum absolute atomic E-state index is 0.177. The van der Waals surface area contributed by atoms with Crippen LogP contribution in [-0.2, 0) is 5.41 Å². The summed E-state index contributed by atoms with van der Waals surface area (Å²) in [5.74, 6) is 0.326. The zero-order valence-electron chi connectivity index (χ0n) is 12.1. The third kappa shape index (κ3) is 4.79. The molecule has 0 aromatic heterocycles. The fourth-order valence-corrected chi connectivity index (χ4v) is 2.31. The van der Waals surface area contributed by atoms with E-state index in [0.29, 0.717) is 12.0 Å². The van der Waals surface area contributed by atoms with Crippen molar-refractivity contribution in [1.29, 1.82) is 0 Å². The maximum absolute atomic E-state index is 9.02. The zero-order chi connectivity index (χ0) is 13.6. The number of aliphatic hydroxyl groups is 1. The maximum atomic E-state index is 9.02. The van der Waals surface area contributed by atoms with E-state index in [1.54, 1.807) is 0 Å². The molecule has 1 rings (SSSR count). The highest BCUT2D eigenvalue weighted by atomic mass is 16.3. The second kappa shape index (κ2) is 6.91. The molecule has 0 aliphatic heterocycles. The molecule has 102 valence electrons. The van der Waals surface area contributed by atoms with Crippen LogP contribution in [0.4, 0.5) is 0 Å². The van der Waals surface area contributed by atoms with Crippen LogP contribution in [0.2, 0.25) is 0 Å². The Labute approximate surface area is 111 Å². The molecule has 1 aromatic rings. The molecule has 0 fully saturated rings. The van der Waals surface area contributed by atoms with Gasteiger partial charge in [-0.2, -0.15) is 0 Å². The molecule has 2 nitrogen and oxygen atoms in total. The van der Waals surface area contributed by atoms with Gasteiger partial charge in [0.25, 0.3) is 0 Å². The molecule has 0 aliphatic carbocycles. The number of hydrogen-bond donors (Lipinski definition) is 2. The molecular formula is C16H27NO. The predicted octanol–water partition coefficient (Wildman–Crippen LogP) is 2.96. The van der Waals surface area contributed by atoms with Crippen molar-refractivity contribution in [2.75, 3.05) is 13.2 Å². The Morgan fingerprint density at radius 2 is 1.78 bits per heavy atom. The molecule has 2 atom stereocenters. The number of aliphatic hydroxyl groups excluding tert-OH is 1. The van der Waals surface area contributed by atoms with E-state index in [2.05, 4.69) is 63.3 Å². The van der Waals surface area contributed by atoms with Crippen LogP contribution in [0.3, 0.4) is 0 Å². The first-order valence-corrected chi connectivity index (χ1v) is 6.85. The van der Waals surface area contributed by atoms with Gasteiger partial charge in [0.15, 0.2) is 0 Å². The minimum atomic E-state index is 0.177. The number of hydrogen-bond acceptors (Lipinski definition) is 2. The van der Waals surface area contributed by atoms with E-state index in [4.69, 9.17) is 5.11 Å². The molecule has 1 aromatic carbocycles. The minimum Gasteiger partial charge on any atom is -0.396 e. The van der Waals surface area contributed by atoms with Crippen LogP contribution in [0.25, 0.3) is 0 Å². The van der Waals surface area contributed by atoms with Crippen LogP contribution in [0.5, 0.6) is 0 Å². The quantitative estimate of drug-likeness (QED) is 0.778. The molecule has 0 aliphatic rings. The Balaban J connectivity index is 2.50. The first-order chi connectivity index (χ1) is 8.45. The van der Waals surface area contributed by atoms with Crippen LogP contribution >= 0.6 is 0 Å². The molecule has 0 radical (unpaired) electrons. The van der Waals surface area contributed by atoms with Crippen molar-refractivity contribution in [2.24, 2.45) is 5.92 Å². The zero-order valence-corrected chi connectivity index (χ0v) is 12.1. The van der Waals surface area contributed by atoms with Crippen molar-refractivity contribution in [3.63, 3.8) is 0 Å². The van der Waals surface area contributed by atoms with Crippen molar-refractivity contribution in [3.05, 3.63) is 35.9 Å². The van der Waals surface area contributed by atoms with E-state index in [0.717, 1.165) is 13.0 Å². The molecule has 0 heterocycles. The third-order valence-electron chi connectivity index (χ3n) is 3.50. The molecule has 0 saturated heterocycles. The standard InChI is InChI=1S/C16H27NO/c1-13(12-18)11-17-14(2)10-16(3,4)15-8-6-5-7-9-15/h5-9,13-14,17-18H,10-12H2,1-4H3. The fourth-order valence-electron chi connectivity index (χ4n) is 2.31. The molecule has 0 saturated carbocycles. The predicted molar refractivity (Wildman–Crippen MR) is 77.8 cm³/mol. The van der Waals surface area contributed by atoms with Gasteiger partial charge in [0.2, 0.25) is 0 Å². The van der Waals surface area contributed by atoms with E-state index >= 15 is 0 Å². The molecule has 0 amide bonds. The first kappa shape index (κ1) is 15.2. The van der Waals surface area contributed by atoms with Crippen LogP contribution in [0, 0.1) is 5.92 Å². The number of rotatable bonds is 7. The largest absolute Gasteiger partial charge is 0.396 e. The van der Waals surface area contributed by atoms with Gasteiger partial charge in [-0.15, -0.1) is 0 Å². The van der Waals surface area contributed by atoms with Crippen molar-refractivity contribution >= 4 is 0 Å². The van der Waals surface area contributed by atoms with E-state index in [1.165, 1.54) is 5.56 Å². The Morgan fingerprint density at radius 1 is 1.17 bits per heavy atom. The summed E-state index contributed by atoms with van der Waals surface area (Å²) in [6, 6.07) is 11.1. The van der Waals surface area contributed by atoms with Gasteiger partial charge in [-0.1, -0.05) is 51.1 Å². The average molecular weight is 249 g/mol. The third-order valence-corrected chi connectivity index (χ3v) is 3.50. The lowest BCUT2D eigenvalue weighted by molar-refractivity contribution is 0.228. The van der Waals surface area contributed by atoms with Gasteiger partial charge < -0.3 is 10.4 Å². The summed E-state index contributed by atoms with van der Waals surface area (Å²) in [6.07, 6.45) is 1.09. The lowest BCUT2D eigenvalue weighted by Crippen LogP contribution is -2.36. The van der Waals surface area contributed by atoms with Crippen LogP contribution in [0.15, 0.2) is 30.3 Å². The Kier molecular flexibility index (Phi) is 5.83. The molecule has 0 spiro atoms. The summed E-state index contributed by atoms with van der Waals surface area (Å²) in [4.78, 5) is 0. The van der Waals surface area contributed by atoms with Gasteiger partial charge in [-0.25, -0.2) is 0 Å². The van der Waals surface area contributed by atoms with Crippen molar-refractivity contribution < 1.29 is 5.11 Å². The Bertz CT molecular complexity index is 334. The summed E-state index contributed by atoms with van der Waals surface area (Å²) in [6.45, 7) is 9.98. The monoisotopic (exact) mass is 249 g/mol. The van der Waals surface area contributed by atoms with Crippen molar-refractivity contribution in [2.45, 2.75) is 45.6 Å². The van der Waals surface area contributed by atoms with Crippen molar-refractivity contribution in [3.8, 4) is 0 Å². The lowest BCUT2D eigenvalue weighted by atomic mass is 9.79. The molecule has 2 unspecified atom stereocenters. The first-order valence-electron chi connectivity index (χ1n) is 6.85. The Morgan fingerprint density at radius 3 is 2.33 bits per heavy atom. The summed E-state index contributed by atoms with van der Waals surface area (Å²) >= 11 is 0.